The lowest BCUT2D eigenvalue weighted by Crippen LogP contribution is -2.31. The van der Waals surface area contributed by atoms with E-state index in [0.717, 1.165) is 22.4 Å². The van der Waals surface area contributed by atoms with Gasteiger partial charge in [0.15, 0.2) is 0 Å². The van der Waals surface area contributed by atoms with Crippen LogP contribution >= 0.6 is 0 Å². The average molecular weight is 441 g/mol. The Morgan fingerprint density at radius 1 is 1.03 bits per heavy atom. The molecule has 0 amide bonds. The topological polar surface area (TPSA) is 70.1 Å². The van der Waals surface area contributed by atoms with Crippen molar-refractivity contribution in [1.82, 2.24) is 4.90 Å². The highest BCUT2D eigenvalue weighted by atomic mass is 32.2. The standard InChI is InChI=1S/C24H28N2O4S/c1-25(2)20-11-6-17(7-12-20)21(13-8-18-9-14-22(18)26(3)4)19-10-15-23(30-5)24(16-19)31(27,28)29/h6-16,22H,1-5H3,(H,27,28,29). The quantitative estimate of drug-likeness (QED) is 0.659. The number of ether oxygens (including phenoxy) is 1. The fourth-order valence-corrected chi connectivity index (χ4v) is 4.12. The van der Waals surface area contributed by atoms with Crippen LogP contribution in [0.2, 0.25) is 0 Å². The zero-order valence-corrected chi connectivity index (χ0v) is 19.2. The highest BCUT2D eigenvalue weighted by Crippen LogP contribution is 2.32. The molecule has 1 aliphatic rings. The number of methoxy groups -OCH3 is 1. The molecule has 31 heavy (non-hydrogen) atoms. The van der Waals surface area contributed by atoms with Gasteiger partial charge in [0.25, 0.3) is 10.1 Å². The predicted octanol–water partition coefficient (Wildman–Crippen LogP) is 3.87. The molecule has 2 aromatic rings. The van der Waals surface area contributed by atoms with Crippen LogP contribution in [0, 0.1) is 0 Å². The van der Waals surface area contributed by atoms with E-state index in [0.29, 0.717) is 5.56 Å². The van der Waals surface area contributed by atoms with Crippen molar-refractivity contribution in [2.24, 2.45) is 0 Å². The minimum atomic E-state index is -4.44. The molecule has 1 unspecified atom stereocenters. The summed E-state index contributed by atoms with van der Waals surface area (Å²) in [4.78, 5) is 3.88. The molecule has 1 atom stereocenters. The molecule has 0 bridgehead atoms. The van der Waals surface area contributed by atoms with Crippen LogP contribution < -0.4 is 9.64 Å². The number of likely N-dealkylation sites (N-methyl/N-ethyl adjacent to an activating group) is 1. The lowest BCUT2D eigenvalue weighted by Gasteiger charge is -2.28. The van der Waals surface area contributed by atoms with E-state index in [9.17, 15) is 13.0 Å². The molecule has 0 aliphatic heterocycles. The zero-order valence-electron chi connectivity index (χ0n) is 18.4. The lowest BCUT2D eigenvalue weighted by atomic mass is 9.92. The molecule has 0 saturated heterocycles. The molecule has 0 saturated carbocycles. The van der Waals surface area contributed by atoms with Crippen LogP contribution in [0.1, 0.15) is 11.1 Å². The van der Waals surface area contributed by atoms with Crippen molar-refractivity contribution in [2.45, 2.75) is 10.9 Å². The van der Waals surface area contributed by atoms with Gasteiger partial charge in [0.05, 0.1) is 13.2 Å². The van der Waals surface area contributed by atoms with Crippen LogP contribution in [-0.2, 0) is 10.1 Å². The molecule has 0 aromatic heterocycles. The highest BCUT2D eigenvalue weighted by Gasteiger charge is 2.20. The summed E-state index contributed by atoms with van der Waals surface area (Å²) in [5.74, 6) is 0.0986. The van der Waals surface area contributed by atoms with E-state index in [-0.39, 0.29) is 16.7 Å². The largest absolute Gasteiger partial charge is 0.495 e. The Hall–Kier alpha value is -2.87. The molecule has 7 heteroatoms. The average Bonchev–Trinajstić information content (AvgIpc) is 2.69. The molecule has 0 heterocycles. The maximum atomic E-state index is 11.9. The van der Waals surface area contributed by atoms with Crippen LogP contribution in [-0.4, -0.2) is 59.2 Å². The second-order valence-electron chi connectivity index (χ2n) is 7.80. The monoisotopic (exact) mass is 440 g/mol. The Morgan fingerprint density at radius 3 is 2.16 bits per heavy atom. The first-order valence-corrected chi connectivity index (χ1v) is 11.3. The molecule has 3 rings (SSSR count). The number of nitrogens with zero attached hydrogens (tertiary/aromatic N) is 2. The van der Waals surface area contributed by atoms with Crippen molar-refractivity contribution >= 4 is 21.4 Å². The third kappa shape index (κ3) is 5.07. The molecular formula is C24H28N2O4S. The summed E-state index contributed by atoms with van der Waals surface area (Å²) < 4.78 is 38.6. The van der Waals surface area contributed by atoms with Gasteiger partial charge in [-0.05, 0) is 60.6 Å². The first-order chi connectivity index (χ1) is 14.6. The number of anilines is 1. The van der Waals surface area contributed by atoms with E-state index in [1.54, 1.807) is 12.1 Å². The van der Waals surface area contributed by atoms with E-state index in [4.69, 9.17) is 4.74 Å². The Labute approximate surface area is 184 Å². The fourth-order valence-electron chi connectivity index (χ4n) is 3.44. The molecular weight excluding hydrogens is 412 g/mol. The first kappa shape index (κ1) is 22.8. The van der Waals surface area contributed by atoms with Crippen molar-refractivity contribution in [3.63, 3.8) is 0 Å². The van der Waals surface area contributed by atoms with Crippen LogP contribution in [0.4, 0.5) is 5.69 Å². The van der Waals surface area contributed by atoms with Crippen LogP contribution in [0.25, 0.3) is 5.57 Å². The van der Waals surface area contributed by atoms with E-state index in [2.05, 4.69) is 17.1 Å². The van der Waals surface area contributed by atoms with Crippen molar-refractivity contribution in [3.8, 4) is 5.75 Å². The van der Waals surface area contributed by atoms with Gasteiger partial charge in [-0.15, -0.1) is 0 Å². The van der Waals surface area contributed by atoms with Crippen molar-refractivity contribution in [3.05, 3.63) is 83.5 Å². The number of allylic oxidation sites excluding steroid dienone is 2. The van der Waals surface area contributed by atoms with Crippen molar-refractivity contribution < 1.29 is 17.7 Å². The second kappa shape index (κ2) is 9.09. The van der Waals surface area contributed by atoms with Gasteiger partial charge in [-0.1, -0.05) is 42.5 Å². The van der Waals surface area contributed by atoms with E-state index >= 15 is 0 Å². The van der Waals surface area contributed by atoms with Gasteiger partial charge in [0.2, 0.25) is 0 Å². The van der Waals surface area contributed by atoms with Gasteiger partial charge >= 0.3 is 0 Å². The van der Waals surface area contributed by atoms with Gasteiger partial charge in [0.1, 0.15) is 10.6 Å². The van der Waals surface area contributed by atoms with Gasteiger partial charge in [0, 0.05) is 19.8 Å². The zero-order chi connectivity index (χ0) is 22.8. The molecule has 2 aromatic carbocycles. The SMILES string of the molecule is COc1ccc(C(=CC=C2C=CC2N(C)C)c2ccc(N(C)C)cc2)cc1S(=O)(=O)O. The van der Waals surface area contributed by atoms with E-state index < -0.39 is 10.1 Å². The van der Waals surface area contributed by atoms with Gasteiger partial charge in [-0.3, -0.25) is 9.45 Å². The minimum absolute atomic E-state index is 0.0986. The summed E-state index contributed by atoms with van der Waals surface area (Å²) >= 11 is 0. The summed E-state index contributed by atoms with van der Waals surface area (Å²) in [6.07, 6.45) is 8.20. The highest BCUT2D eigenvalue weighted by molar-refractivity contribution is 7.86. The van der Waals surface area contributed by atoms with E-state index in [1.165, 1.54) is 13.2 Å². The third-order valence-corrected chi connectivity index (χ3v) is 6.13. The lowest BCUT2D eigenvalue weighted by molar-refractivity contribution is 0.371. The number of hydrogen-bond acceptors (Lipinski definition) is 5. The first-order valence-electron chi connectivity index (χ1n) is 9.82. The molecule has 6 nitrogen and oxygen atoms in total. The van der Waals surface area contributed by atoms with Gasteiger partial charge in [-0.2, -0.15) is 8.42 Å². The number of hydrogen-bond donors (Lipinski definition) is 1. The predicted molar refractivity (Wildman–Crippen MR) is 125 cm³/mol. The minimum Gasteiger partial charge on any atom is -0.495 e. The summed E-state index contributed by atoms with van der Waals surface area (Å²) in [6.45, 7) is 0. The summed E-state index contributed by atoms with van der Waals surface area (Å²) in [6, 6.07) is 13.0. The molecule has 0 spiro atoms. The summed E-state index contributed by atoms with van der Waals surface area (Å²) in [5.41, 5.74) is 4.65. The molecule has 1 aliphatic carbocycles. The van der Waals surface area contributed by atoms with Gasteiger partial charge in [-0.25, -0.2) is 0 Å². The van der Waals surface area contributed by atoms with Crippen molar-refractivity contribution in [2.75, 3.05) is 40.2 Å². The maximum Gasteiger partial charge on any atom is 0.298 e. The van der Waals surface area contributed by atoms with Crippen molar-refractivity contribution in [1.29, 1.82) is 0 Å². The van der Waals surface area contributed by atoms with Crippen LogP contribution in [0.3, 0.4) is 0 Å². The number of benzene rings is 2. The Bertz CT molecular complexity index is 1140. The maximum absolute atomic E-state index is 11.9. The normalized spacial score (nSPS) is 17.7. The molecule has 1 N–H and O–H groups in total. The van der Waals surface area contributed by atoms with E-state index in [1.807, 2.05) is 69.5 Å². The number of rotatable bonds is 7. The van der Waals surface area contributed by atoms with Gasteiger partial charge < -0.3 is 9.64 Å². The fraction of sp³-hybridized carbons (Fsp3) is 0.250. The summed E-state index contributed by atoms with van der Waals surface area (Å²) in [7, 11) is 4.93. The Morgan fingerprint density at radius 2 is 1.68 bits per heavy atom. The van der Waals surface area contributed by atoms with Crippen LogP contribution in [0.15, 0.2) is 77.2 Å². The molecule has 0 fully saturated rings. The Kier molecular flexibility index (Phi) is 6.69. The Balaban J connectivity index is 2.14. The molecule has 0 radical (unpaired) electrons. The smallest absolute Gasteiger partial charge is 0.298 e. The van der Waals surface area contributed by atoms with Crippen LogP contribution in [0.5, 0.6) is 5.75 Å². The summed E-state index contributed by atoms with van der Waals surface area (Å²) in [5, 5.41) is 0. The molecule has 164 valence electrons. The second-order valence-corrected chi connectivity index (χ2v) is 9.19. The third-order valence-electron chi connectivity index (χ3n) is 5.26.